The molecule has 0 saturated carbocycles. The van der Waals surface area contributed by atoms with Crippen molar-refractivity contribution >= 4 is 5.97 Å². The van der Waals surface area contributed by atoms with Crippen LogP contribution in [0.3, 0.4) is 0 Å². The average molecular weight is 399 g/mol. The van der Waals surface area contributed by atoms with E-state index < -0.39 is 5.97 Å². The summed E-state index contributed by atoms with van der Waals surface area (Å²) in [7, 11) is 0. The summed E-state index contributed by atoms with van der Waals surface area (Å²) in [6.45, 7) is 19.2. The Balaban J connectivity index is 0.000000960. The molecule has 0 spiro atoms. The highest BCUT2D eigenvalue weighted by Crippen LogP contribution is 2.38. The Kier molecular flexibility index (Phi) is 8.50. The van der Waals surface area contributed by atoms with Crippen molar-refractivity contribution in [1.29, 1.82) is 0 Å². The van der Waals surface area contributed by atoms with Crippen molar-refractivity contribution in [2.45, 2.75) is 86.0 Å². The van der Waals surface area contributed by atoms with Crippen LogP contribution in [0.15, 0.2) is 36.4 Å². The normalized spacial score (nSPS) is 11.5. The van der Waals surface area contributed by atoms with E-state index >= 15 is 0 Å². The predicted molar refractivity (Wildman–Crippen MR) is 122 cm³/mol. The minimum Gasteiger partial charge on any atom is -0.508 e. The zero-order valence-corrected chi connectivity index (χ0v) is 19.6. The Morgan fingerprint density at radius 3 is 1.83 bits per heavy atom. The molecule has 3 heteroatoms. The lowest BCUT2D eigenvalue weighted by atomic mass is 9.79. The van der Waals surface area contributed by atoms with Gasteiger partial charge >= 0.3 is 5.97 Å². The molecule has 0 radical (unpaired) electrons. The van der Waals surface area contributed by atoms with Crippen molar-refractivity contribution < 1.29 is 14.6 Å². The van der Waals surface area contributed by atoms with Gasteiger partial charge in [0.15, 0.2) is 0 Å². The van der Waals surface area contributed by atoms with Gasteiger partial charge in [0.05, 0.1) is 5.56 Å². The van der Waals surface area contributed by atoms with Gasteiger partial charge in [0.2, 0.25) is 0 Å². The maximum Gasteiger partial charge on any atom is 0.343 e. The van der Waals surface area contributed by atoms with Gasteiger partial charge in [-0.1, -0.05) is 80.4 Å². The van der Waals surface area contributed by atoms with Crippen molar-refractivity contribution in [1.82, 2.24) is 0 Å². The van der Waals surface area contributed by atoms with Crippen molar-refractivity contribution in [3.8, 4) is 11.5 Å². The Hall–Kier alpha value is -2.29. The Labute approximate surface area is 177 Å². The molecule has 0 saturated heterocycles. The molecule has 29 heavy (non-hydrogen) atoms. The van der Waals surface area contributed by atoms with Crippen LogP contribution in [0.1, 0.15) is 95.3 Å². The molecule has 0 aromatic heterocycles. The molecule has 3 nitrogen and oxygen atoms in total. The van der Waals surface area contributed by atoms with Gasteiger partial charge in [0.1, 0.15) is 11.5 Å². The number of aromatic hydroxyl groups is 1. The number of benzene rings is 2. The van der Waals surface area contributed by atoms with Gasteiger partial charge in [-0.15, -0.1) is 0 Å². The van der Waals surface area contributed by atoms with Gasteiger partial charge in [-0.05, 0) is 53.1 Å². The number of esters is 1. The number of phenols is 1. The maximum absolute atomic E-state index is 12.5. The monoisotopic (exact) mass is 398 g/mol. The fraction of sp³-hybridized carbons (Fsp3) is 0.500. The van der Waals surface area contributed by atoms with Gasteiger partial charge in [-0.3, -0.25) is 0 Å². The molecule has 2 aromatic carbocycles. The van der Waals surface area contributed by atoms with E-state index in [1.54, 1.807) is 12.1 Å². The Morgan fingerprint density at radius 1 is 0.897 bits per heavy atom. The van der Waals surface area contributed by atoms with Crippen molar-refractivity contribution in [2.75, 3.05) is 0 Å². The lowest BCUT2D eigenvalue weighted by molar-refractivity contribution is 0.0730. The smallest absolute Gasteiger partial charge is 0.343 e. The number of phenolic OH excluding ortho intramolecular Hbond substituents is 1. The molecule has 0 heterocycles. The molecule has 160 valence electrons. The molecule has 0 bridgehead atoms. The third kappa shape index (κ3) is 7.23. The summed E-state index contributed by atoms with van der Waals surface area (Å²) in [4.78, 5) is 12.5. The van der Waals surface area contributed by atoms with Gasteiger partial charge in [0, 0.05) is 5.56 Å². The van der Waals surface area contributed by atoms with Crippen LogP contribution in [0.4, 0.5) is 0 Å². The second-order valence-corrected chi connectivity index (χ2v) is 9.61. The third-order valence-corrected chi connectivity index (χ3v) is 4.75. The molecule has 0 fully saturated rings. The minimum absolute atomic E-state index is 0.0181. The second kappa shape index (κ2) is 9.96. The number of hydrogen-bond donors (Lipinski definition) is 1. The van der Waals surface area contributed by atoms with Crippen molar-refractivity contribution in [3.05, 3.63) is 58.7 Å². The average Bonchev–Trinajstić information content (AvgIpc) is 2.62. The van der Waals surface area contributed by atoms with Gasteiger partial charge in [-0.2, -0.15) is 0 Å². The SMILES string of the molecule is CCCC.Cc1cc(C(C)(C)C)cc(C(C)(C)C)c1OC(=O)c1ccc(O)cc1. The second-order valence-electron chi connectivity index (χ2n) is 9.61. The summed E-state index contributed by atoms with van der Waals surface area (Å²) in [5, 5.41) is 9.38. The van der Waals surface area contributed by atoms with Crippen LogP contribution >= 0.6 is 0 Å². The van der Waals surface area contributed by atoms with Crippen LogP contribution in [0.2, 0.25) is 0 Å². The Morgan fingerprint density at radius 2 is 1.41 bits per heavy atom. The molecule has 0 aliphatic carbocycles. The first-order valence-corrected chi connectivity index (χ1v) is 10.5. The van der Waals surface area contributed by atoms with E-state index in [0.717, 1.165) is 11.1 Å². The van der Waals surface area contributed by atoms with E-state index in [9.17, 15) is 9.90 Å². The standard InChI is InChI=1S/C22H28O3.C4H10/c1-14-12-16(21(2,3)4)13-18(22(5,6)7)19(14)25-20(24)15-8-10-17(23)11-9-15;1-3-4-2/h8-13,23H,1-7H3;3-4H2,1-2H3. The number of carbonyl (C=O) groups excluding carboxylic acids is 1. The summed E-state index contributed by atoms with van der Waals surface area (Å²) >= 11 is 0. The fourth-order valence-electron chi connectivity index (χ4n) is 2.65. The lowest BCUT2D eigenvalue weighted by Gasteiger charge is -2.28. The molecule has 2 aromatic rings. The van der Waals surface area contributed by atoms with Crippen LogP contribution < -0.4 is 4.74 Å². The topological polar surface area (TPSA) is 46.5 Å². The summed E-state index contributed by atoms with van der Waals surface area (Å²) in [6.07, 6.45) is 2.64. The van der Waals surface area contributed by atoms with Crippen LogP contribution in [-0.2, 0) is 10.8 Å². The summed E-state index contributed by atoms with van der Waals surface area (Å²) < 4.78 is 5.78. The van der Waals surface area contributed by atoms with Crippen molar-refractivity contribution in [2.24, 2.45) is 0 Å². The van der Waals surface area contributed by atoms with E-state index in [2.05, 4.69) is 67.5 Å². The molecule has 0 aliphatic rings. The highest BCUT2D eigenvalue weighted by atomic mass is 16.5. The fourth-order valence-corrected chi connectivity index (χ4v) is 2.65. The van der Waals surface area contributed by atoms with E-state index in [1.165, 1.54) is 30.5 Å². The number of hydrogen-bond acceptors (Lipinski definition) is 3. The molecule has 0 aliphatic heterocycles. The van der Waals surface area contributed by atoms with E-state index in [1.807, 2.05) is 6.92 Å². The first-order chi connectivity index (χ1) is 13.3. The maximum atomic E-state index is 12.5. The minimum atomic E-state index is -0.419. The van der Waals surface area contributed by atoms with Crippen LogP contribution in [0.25, 0.3) is 0 Å². The van der Waals surface area contributed by atoms with Crippen LogP contribution in [0, 0.1) is 6.92 Å². The molecular formula is C26H38O3. The zero-order valence-electron chi connectivity index (χ0n) is 19.6. The lowest BCUT2D eigenvalue weighted by Crippen LogP contribution is -2.20. The molecule has 1 N–H and O–H groups in total. The van der Waals surface area contributed by atoms with Gasteiger partial charge in [0.25, 0.3) is 0 Å². The van der Waals surface area contributed by atoms with Crippen LogP contribution in [-0.4, -0.2) is 11.1 Å². The third-order valence-electron chi connectivity index (χ3n) is 4.75. The zero-order chi connectivity index (χ0) is 22.4. The van der Waals surface area contributed by atoms with Crippen LogP contribution in [0.5, 0.6) is 11.5 Å². The largest absolute Gasteiger partial charge is 0.508 e. The number of unbranched alkanes of at least 4 members (excludes halogenated alkanes) is 1. The summed E-state index contributed by atoms with van der Waals surface area (Å²) in [5.74, 6) is 0.327. The van der Waals surface area contributed by atoms with Gasteiger partial charge in [-0.25, -0.2) is 4.79 Å². The number of carbonyl (C=O) groups is 1. The van der Waals surface area contributed by atoms with Gasteiger partial charge < -0.3 is 9.84 Å². The summed E-state index contributed by atoms with van der Waals surface area (Å²) in [6, 6.07) is 10.3. The number of aryl methyl sites for hydroxylation is 1. The van der Waals surface area contributed by atoms with Crippen molar-refractivity contribution in [3.63, 3.8) is 0 Å². The first-order valence-electron chi connectivity index (χ1n) is 10.5. The molecule has 2 rings (SSSR count). The summed E-state index contributed by atoms with van der Waals surface area (Å²) in [5.41, 5.74) is 3.46. The van der Waals surface area contributed by atoms with E-state index in [-0.39, 0.29) is 16.6 Å². The predicted octanol–water partition coefficient (Wildman–Crippen LogP) is 7.32. The van der Waals surface area contributed by atoms with E-state index in [4.69, 9.17) is 4.74 Å². The Bertz CT molecular complexity index is 802. The number of rotatable bonds is 3. The quantitative estimate of drug-likeness (QED) is 0.435. The molecule has 0 atom stereocenters. The number of ether oxygens (including phenoxy) is 1. The highest BCUT2D eigenvalue weighted by molar-refractivity contribution is 5.91. The molecule has 0 unspecified atom stereocenters. The van der Waals surface area contributed by atoms with E-state index in [0.29, 0.717) is 11.3 Å². The molecular weight excluding hydrogens is 360 g/mol. The highest BCUT2D eigenvalue weighted by Gasteiger charge is 2.26. The first kappa shape index (κ1) is 24.7. The molecule has 0 amide bonds.